The Morgan fingerprint density at radius 3 is 2.42 bits per heavy atom. The Morgan fingerprint density at radius 1 is 1.05 bits per heavy atom. The van der Waals surface area contributed by atoms with Crippen molar-refractivity contribution in [3.63, 3.8) is 0 Å². The number of hydrogen-bond acceptors (Lipinski definition) is 2. The molecule has 0 N–H and O–H groups in total. The van der Waals surface area contributed by atoms with E-state index in [9.17, 15) is 0 Å². The van der Waals surface area contributed by atoms with Gasteiger partial charge in [-0.05, 0) is 24.4 Å². The van der Waals surface area contributed by atoms with Crippen molar-refractivity contribution < 1.29 is 0 Å². The minimum absolute atomic E-state index is 0.629. The van der Waals surface area contributed by atoms with Gasteiger partial charge in [0.05, 0.1) is 0 Å². The van der Waals surface area contributed by atoms with Crippen molar-refractivity contribution in [1.29, 1.82) is 0 Å². The molecule has 0 aliphatic carbocycles. The summed E-state index contributed by atoms with van der Waals surface area (Å²) in [6, 6.07) is 10.9. The van der Waals surface area contributed by atoms with Crippen molar-refractivity contribution in [2.45, 2.75) is 26.8 Å². The van der Waals surface area contributed by atoms with Gasteiger partial charge in [-0.15, -0.1) is 0 Å². The first-order valence-corrected chi connectivity index (χ1v) is 7.64. The summed E-state index contributed by atoms with van der Waals surface area (Å²) in [7, 11) is 0. The van der Waals surface area contributed by atoms with E-state index in [1.54, 1.807) is 0 Å². The van der Waals surface area contributed by atoms with Crippen LogP contribution in [0.3, 0.4) is 0 Å². The summed E-state index contributed by atoms with van der Waals surface area (Å²) in [5.74, 6) is 0.805. The van der Waals surface area contributed by atoms with E-state index in [1.807, 2.05) is 0 Å². The van der Waals surface area contributed by atoms with Crippen molar-refractivity contribution in [3.05, 3.63) is 35.9 Å². The number of hydrogen-bond donors (Lipinski definition) is 0. The van der Waals surface area contributed by atoms with Gasteiger partial charge in [-0.25, -0.2) is 0 Å². The largest absolute Gasteiger partial charge is 0.302 e. The van der Waals surface area contributed by atoms with Crippen molar-refractivity contribution in [1.82, 2.24) is 9.80 Å². The second kappa shape index (κ2) is 5.26. The topological polar surface area (TPSA) is 6.48 Å². The molecule has 0 amide bonds. The third kappa shape index (κ3) is 3.01. The summed E-state index contributed by atoms with van der Waals surface area (Å²) >= 11 is 0. The molecule has 0 aromatic heterocycles. The molecule has 1 aromatic carbocycles. The highest BCUT2D eigenvalue weighted by Gasteiger charge is 2.47. The fourth-order valence-electron chi connectivity index (χ4n) is 3.81. The van der Waals surface area contributed by atoms with Gasteiger partial charge in [-0.1, -0.05) is 44.2 Å². The maximum Gasteiger partial charge on any atom is 0.0233 e. The van der Waals surface area contributed by atoms with Crippen LogP contribution in [-0.4, -0.2) is 42.5 Å². The lowest BCUT2D eigenvalue weighted by molar-refractivity contribution is 0.000227. The molecule has 0 atom stereocenters. The molecule has 1 spiro atoms. The summed E-state index contributed by atoms with van der Waals surface area (Å²) < 4.78 is 0. The van der Waals surface area contributed by atoms with Crippen molar-refractivity contribution >= 4 is 0 Å². The van der Waals surface area contributed by atoms with Gasteiger partial charge in [0.1, 0.15) is 0 Å². The summed E-state index contributed by atoms with van der Waals surface area (Å²) in [5, 5.41) is 0. The standard InChI is InChI=1S/C17H26N2/c1-15(2)10-19-13-17(14-19)8-9-18(12-17)11-16-6-4-3-5-7-16/h3-7,15H,8-14H2,1-2H3. The van der Waals surface area contributed by atoms with E-state index in [1.165, 1.54) is 44.7 Å². The molecule has 0 radical (unpaired) electrons. The Kier molecular flexibility index (Phi) is 3.64. The van der Waals surface area contributed by atoms with E-state index in [4.69, 9.17) is 0 Å². The first kappa shape index (κ1) is 13.1. The minimum atomic E-state index is 0.629. The van der Waals surface area contributed by atoms with Crippen LogP contribution in [-0.2, 0) is 6.54 Å². The predicted molar refractivity (Wildman–Crippen MR) is 80.0 cm³/mol. The normalized spacial score (nSPS) is 23.1. The van der Waals surface area contributed by atoms with E-state index < -0.39 is 0 Å². The number of rotatable bonds is 4. The zero-order valence-corrected chi connectivity index (χ0v) is 12.3. The number of benzene rings is 1. The second-order valence-electron chi connectivity index (χ2n) is 7.01. The maximum atomic E-state index is 2.64. The molecule has 2 aliphatic rings. The van der Waals surface area contributed by atoms with E-state index >= 15 is 0 Å². The second-order valence-corrected chi connectivity index (χ2v) is 7.01. The molecule has 2 aliphatic heterocycles. The first-order chi connectivity index (χ1) is 9.15. The van der Waals surface area contributed by atoms with Crippen LogP contribution in [0, 0.1) is 11.3 Å². The van der Waals surface area contributed by atoms with Crippen LogP contribution >= 0.6 is 0 Å². The van der Waals surface area contributed by atoms with Gasteiger partial charge in [-0.3, -0.25) is 4.90 Å². The molecule has 0 unspecified atom stereocenters. The summed E-state index contributed by atoms with van der Waals surface area (Å²) in [4.78, 5) is 5.28. The van der Waals surface area contributed by atoms with E-state index in [0.717, 1.165) is 12.5 Å². The molecule has 0 bridgehead atoms. The van der Waals surface area contributed by atoms with Gasteiger partial charge in [0.2, 0.25) is 0 Å². The van der Waals surface area contributed by atoms with Gasteiger partial charge in [0.15, 0.2) is 0 Å². The van der Waals surface area contributed by atoms with E-state index in [-0.39, 0.29) is 0 Å². The molecule has 2 saturated heterocycles. The molecular formula is C17H26N2. The van der Waals surface area contributed by atoms with Gasteiger partial charge in [0.25, 0.3) is 0 Å². The molecule has 1 aromatic rings. The molecule has 2 heterocycles. The Hall–Kier alpha value is -0.860. The van der Waals surface area contributed by atoms with E-state index in [0.29, 0.717) is 5.41 Å². The van der Waals surface area contributed by atoms with Crippen LogP contribution in [0.5, 0.6) is 0 Å². The molecule has 0 saturated carbocycles. The SMILES string of the molecule is CC(C)CN1CC2(CCN(Cc3ccccc3)C2)C1. The molecule has 2 nitrogen and oxygen atoms in total. The molecular weight excluding hydrogens is 232 g/mol. The third-order valence-corrected chi connectivity index (χ3v) is 4.51. The number of likely N-dealkylation sites (tertiary alicyclic amines) is 2. The summed E-state index contributed by atoms with van der Waals surface area (Å²) in [6.07, 6.45) is 1.40. The lowest BCUT2D eigenvalue weighted by atomic mass is 9.78. The highest BCUT2D eigenvalue weighted by molar-refractivity contribution is 5.15. The molecule has 2 heteroatoms. The zero-order valence-electron chi connectivity index (χ0n) is 12.3. The van der Waals surface area contributed by atoms with Gasteiger partial charge in [0, 0.05) is 38.1 Å². The van der Waals surface area contributed by atoms with Crippen LogP contribution in [0.15, 0.2) is 30.3 Å². The summed E-state index contributed by atoms with van der Waals surface area (Å²) in [6.45, 7) is 12.3. The zero-order chi connectivity index (χ0) is 13.3. The Balaban J connectivity index is 1.49. The third-order valence-electron chi connectivity index (χ3n) is 4.51. The Morgan fingerprint density at radius 2 is 1.74 bits per heavy atom. The lowest BCUT2D eigenvalue weighted by Crippen LogP contribution is -2.58. The van der Waals surface area contributed by atoms with Gasteiger partial charge < -0.3 is 4.90 Å². The number of nitrogens with zero attached hydrogens (tertiary/aromatic N) is 2. The fraction of sp³-hybridized carbons (Fsp3) is 0.647. The van der Waals surface area contributed by atoms with Crippen molar-refractivity contribution in [2.24, 2.45) is 11.3 Å². The summed E-state index contributed by atoms with van der Waals surface area (Å²) in [5.41, 5.74) is 2.09. The van der Waals surface area contributed by atoms with E-state index in [2.05, 4.69) is 54.0 Å². The average molecular weight is 258 g/mol. The predicted octanol–water partition coefficient (Wildman–Crippen LogP) is 2.85. The average Bonchev–Trinajstić information content (AvgIpc) is 2.73. The quantitative estimate of drug-likeness (QED) is 0.819. The van der Waals surface area contributed by atoms with Crippen LogP contribution in [0.1, 0.15) is 25.8 Å². The molecule has 3 rings (SSSR count). The minimum Gasteiger partial charge on any atom is -0.302 e. The van der Waals surface area contributed by atoms with Crippen LogP contribution in [0.2, 0.25) is 0 Å². The van der Waals surface area contributed by atoms with Crippen LogP contribution in [0.4, 0.5) is 0 Å². The van der Waals surface area contributed by atoms with Crippen LogP contribution in [0.25, 0.3) is 0 Å². The first-order valence-electron chi connectivity index (χ1n) is 7.64. The highest BCUT2D eigenvalue weighted by Crippen LogP contribution is 2.40. The van der Waals surface area contributed by atoms with Crippen LogP contribution < -0.4 is 0 Å². The van der Waals surface area contributed by atoms with Crippen molar-refractivity contribution in [3.8, 4) is 0 Å². The Labute approximate surface area is 117 Å². The van der Waals surface area contributed by atoms with Gasteiger partial charge >= 0.3 is 0 Å². The lowest BCUT2D eigenvalue weighted by Gasteiger charge is -2.49. The fourth-order valence-corrected chi connectivity index (χ4v) is 3.81. The van der Waals surface area contributed by atoms with Gasteiger partial charge in [-0.2, -0.15) is 0 Å². The maximum absolute atomic E-state index is 2.64. The molecule has 104 valence electrons. The smallest absolute Gasteiger partial charge is 0.0233 e. The molecule has 19 heavy (non-hydrogen) atoms. The highest BCUT2D eigenvalue weighted by atomic mass is 15.3. The monoisotopic (exact) mass is 258 g/mol. The molecule has 2 fully saturated rings. The van der Waals surface area contributed by atoms with Crippen molar-refractivity contribution in [2.75, 3.05) is 32.7 Å². The Bertz CT molecular complexity index is 407.